The number of nitrogens with one attached hydrogen (secondary N) is 1. The van der Waals surface area contributed by atoms with Crippen molar-refractivity contribution < 1.29 is 23.9 Å². The number of ether oxygens (including phenoxy) is 1. The summed E-state index contributed by atoms with van der Waals surface area (Å²) in [4.78, 5) is 56.8. The molecule has 182 valence electrons. The van der Waals surface area contributed by atoms with Gasteiger partial charge in [0.2, 0.25) is 11.8 Å². The van der Waals surface area contributed by atoms with Gasteiger partial charge in [-0.25, -0.2) is 4.90 Å². The molecule has 1 spiro atoms. The molecule has 3 amide bonds. The number of rotatable bonds is 7. The maximum absolute atomic E-state index is 14.2. The number of hydrogen-bond acceptors (Lipinski definition) is 7. The molecule has 0 bridgehead atoms. The second-order valence-electron chi connectivity index (χ2n) is 8.90. The Kier molecular flexibility index (Phi) is 6.14. The lowest BCUT2D eigenvalue weighted by atomic mass is 9.76. The molecule has 0 unspecified atom stereocenters. The van der Waals surface area contributed by atoms with E-state index < -0.39 is 35.2 Å². The molecule has 1 N–H and O–H groups in total. The summed E-state index contributed by atoms with van der Waals surface area (Å²) >= 11 is 1.65. The van der Waals surface area contributed by atoms with Crippen LogP contribution in [0.5, 0.6) is 0 Å². The summed E-state index contributed by atoms with van der Waals surface area (Å²) in [5.41, 5.74) is 0.248. The van der Waals surface area contributed by atoms with Crippen molar-refractivity contribution in [1.29, 1.82) is 0 Å². The van der Waals surface area contributed by atoms with E-state index in [0.717, 1.165) is 5.75 Å². The van der Waals surface area contributed by atoms with Crippen LogP contribution in [0.2, 0.25) is 0 Å². The second-order valence-corrected chi connectivity index (χ2v) is 9.89. The van der Waals surface area contributed by atoms with Gasteiger partial charge >= 0.3 is 5.97 Å². The number of esters is 1. The molecule has 0 aliphatic carbocycles. The minimum absolute atomic E-state index is 0.201. The second kappa shape index (κ2) is 9.13. The molecule has 3 aliphatic rings. The minimum Gasteiger partial charge on any atom is -0.465 e. The van der Waals surface area contributed by atoms with Crippen LogP contribution in [0.4, 0.5) is 11.4 Å². The molecular weight excluding hydrogens is 466 g/mol. The van der Waals surface area contributed by atoms with E-state index in [-0.39, 0.29) is 25.1 Å². The summed E-state index contributed by atoms with van der Waals surface area (Å²) < 4.78 is 5.11. The van der Waals surface area contributed by atoms with E-state index in [1.807, 2.05) is 24.5 Å². The number of imide groups is 1. The van der Waals surface area contributed by atoms with Gasteiger partial charge in [0.15, 0.2) is 0 Å². The Hall–Kier alpha value is -3.17. The van der Waals surface area contributed by atoms with Gasteiger partial charge in [0.25, 0.3) is 5.91 Å². The van der Waals surface area contributed by atoms with E-state index in [1.54, 1.807) is 55.1 Å². The van der Waals surface area contributed by atoms with Crippen LogP contribution in [0.15, 0.2) is 54.6 Å². The third kappa shape index (κ3) is 3.48. The average molecular weight is 494 g/mol. The van der Waals surface area contributed by atoms with Gasteiger partial charge in [-0.2, -0.15) is 11.8 Å². The standard InChI is InChI=1S/C26H27N3O5S/c1-3-34-20(30)15-28-19-12-8-7-11-17(19)26(25(28)33)22-21(18(27-26)13-14-35-2)23(31)29(24(22)32)16-9-5-4-6-10-16/h4-12,18,21-22,27H,3,13-15H2,1-2H3/t18-,21-,22+,26+/m1/s1. The van der Waals surface area contributed by atoms with Gasteiger partial charge in [-0.05, 0) is 43.6 Å². The Labute approximate surface area is 208 Å². The van der Waals surface area contributed by atoms with Crippen LogP contribution in [-0.2, 0) is 29.5 Å². The minimum atomic E-state index is -1.42. The highest BCUT2D eigenvalue weighted by atomic mass is 32.2. The molecule has 2 saturated heterocycles. The maximum atomic E-state index is 14.2. The fraction of sp³-hybridized carbons (Fsp3) is 0.385. The number of nitrogens with zero attached hydrogens (tertiary/aromatic N) is 2. The molecule has 8 nitrogen and oxygen atoms in total. The highest BCUT2D eigenvalue weighted by Gasteiger charge is 2.71. The molecule has 3 aliphatic heterocycles. The van der Waals surface area contributed by atoms with Gasteiger partial charge in [-0.15, -0.1) is 0 Å². The Morgan fingerprint density at radius 3 is 2.49 bits per heavy atom. The molecular formula is C26H27N3O5S. The number of para-hydroxylation sites is 2. The molecule has 35 heavy (non-hydrogen) atoms. The van der Waals surface area contributed by atoms with E-state index in [4.69, 9.17) is 4.74 Å². The SMILES string of the molecule is CCOC(=O)CN1C(=O)[C@]2(N[C@H](CCSC)[C@H]3C(=O)N(c4ccccc4)C(=O)[C@H]32)c2ccccc21. The first kappa shape index (κ1) is 23.6. The molecule has 3 heterocycles. The number of anilines is 2. The van der Waals surface area contributed by atoms with Crippen molar-refractivity contribution in [3.63, 3.8) is 0 Å². The zero-order valence-corrected chi connectivity index (χ0v) is 20.4. The number of amides is 3. The molecule has 0 saturated carbocycles. The van der Waals surface area contributed by atoms with E-state index in [0.29, 0.717) is 23.4 Å². The van der Waals surface area contributed by atoms with Crippen molar-refractivity contribution in [2.24, 2.45) is 11.8 Å². The zero-order chi connectivity index (χ0) is 24.7. The lowest BCUT2D eigenvalue weighted by Crippen LogP contribution is -2.55. The zero-order valence-electron chi connectivity index (χ0n) is 19.6. The van der Waals surface area contributed by atoms with Crippen LogP contribution < -0.4 is 15.1 Å². The van der Waals surface area contributed by atoms with Crippen molar-refractivity contribution in [2.45, 2.75) is 24.9 Å². The fourth-order valence-corrected chi connectivity index (χ4v) is 6.25. The van der Waals surface area contributed by atoms with Crippen LogP contribution >= 0.6 is 11.8 Å². The Morgan fingerprint density at radius 1 is 1.06 bits per heavy atom. The fourth-order valence-electron chi connectivity index (χ4n) is 5.76. The number of carbonyl (C=O) groups is 4. The molecule has 9 heteroatoms. The molecule has 2 aromatic rings. The van der Waals surface area contributed by atoms with Crippen LogP contribution in [0.25, 0.3) is 0 Å². The van der Waals surface area contributed by atoms with E-state index >= 15 is 0 Å². The van der Waals surface area contributed by atoms with E-state index in [2.05, 4.69) is 5.32 Å². The molecule has 4 atom stereocenters. The molecule has 0 aromatic heterocycles. The van der Waals surface area contributed by atoms with Crippen molar-refractivity contribution in [2.75, 3.05) is 35.0 Å². The highest BCUT2D eigenvalue weighted by Crippen LogP contribution is 2.55. The number of hydrogen-bond donors (Lipinski definition) is 1. The predicted octanol–water partition coefficient (Wildman–Crippen LogP) is 2.32. The van der Waals surface area contributed by atoms with Crippen molar-refractivity contribution in [3.05, 3.63) is 60.2 Å². The number of fused-ring (bicyclic) bond motifs is 4. The molecule has 0 radical (unpaired) electrons. The predicted molar refractivity (Wildman–Crippen MR) is 133 cm³/mol. The smallest absolute Gasteiger partial charge is 0.326 e. The summed E-state index contributed by atoms with van der Waals surface area (Å²) in [6.07, 6.45) is 2.61. The first-order valence-electron chi connectivity index (χ1n) is 11.7. The van der Waals surface area contributed by atoms with E-state index in [9.17, 15) is 19.2 Å². The largest absolute Gasteiger partial charge is 0.465 e. The van der Waals surface area contributed by atoms with Crippen molar-refractivity contribution >= 4 is 46.8 Å². The number of benzene rings is 2. The first-order chi connectivity index (χ1) is 17.0. The average Bonchev–Trinajstić information content (AvgIpc) is 3.43. The third-order valence-corrected chi connectivity index (χ3v) is 7.75. The lowest BCUT2D eigenvalue weighted by molar-refractivity contribution is -0.142. The van der Waals surface area contributed by atoms with Gasteiger partial charge in [0, 0.05) is 17.3 Å². The maximum Gasteiger partial charge on any atom is 0.326 e. The van der Waals surface area contributed by atoms with E-state index in [1.165, 1.54) is 9.80 Å². The Balaban J connectivity index is 1.63. The molecule has 2 aromatic carbocycles. The Bertz CT molecular complexity index is 1190. The lowest BCUT2D eigenvalue weighted by Gasteiger charge is -2.30. The van der Waals surface area contributed by atoms with Crippen molar-refractivity contribution in [1.82, 2.24) is 5.32 Å². The van der Waals surface area contributed by atoms with Crippen LogP contribution in [-0.4, -0.2) is 54.9 Å². The van der Waals surface area contributed by atoms with Crippen LogP contribution in [0.3, 0.4) is 0 Å². The first-order valence-corrected chi connectivity index (χ1v) is 13.1. The van der Waals surface area contributed by atoms with Gasteiger partial charge < -0.3 is 4.74 Å². The molecule has 2 fully saturated rings. The number of thioether (sulfide) groups is 1. The quantitative estimate of drug-likeness (QED) is 0.467. The van der Waals surface area contributed by atoms with Gasteiger partial charge in [-0.3, -0.25) is 29.4 Å². The summed E-state index contributed by atoms with van der Waals surface area (Å²) in [7, 11) is 0. The summed E-state index contributed by atoms with van der Waals surface area (Å²) in [5.74, 6) is -2.45. The normalized spacial score (nSPS) is 27.0. The molecule has 5 rings (SSSR count). The van der Waals surface area contributed by atoms with Gasteiger partial charge in [0.1, 0.15) is 12.1 Å². The van der Waals surface area contributed by atoms with Crippen LogP contribution in [0, 0.1) is 11.8 Å². The third-order valence-electron chi connectivity index (χ3n) is 7.11. The number of carbonyl (C=O) groups excluding carboxylic acids is 4. The van der Waals surface area contributed by atoms with Crippen molar-refractivity contribution in [3.8, 4) is 0 Å². The Morgan fingerprint density at radius 2 is 1.77 bits per heavy atom. The van der Waals surface area contributed by atoms with Gasteiger partial charge in [-0.1, -0.05) is 36.4 Å². The topological polar surface area (TPSA) is 96.0 Å². The van der Waals surface area contributed by atoms with Gasteiger partial charge in [0.05, 0.1) is 24.1 Å². The highest BCUT2D eigenvalue weighted by molar-refractivity contribution is 7.98. The summed E-state index contributed by atoms with van der Waals surface area (Å²) in [6.45, 7) is 1.65. The summed E-state index contributed by atoms with van der Waals surface area (Å²) in [5, 5.41) is 3.45. The van der Waals surface area contributed by atoms with Crippen LogP contribution in [0.1, 0.15) is 18.9 Å². The summed E-state index contributed by atoms with van der Waals surface area (Å²) in [6, 6.07) is 15.6. The monoisotopic (exact) mass is 493 g/mol.